The summed E-state index contributed by atoms with van der Waals surface area (Å²) in [5.41, 5.74) is 5.13. The Balaban J connectivity index is 1.47. The van der Waals surface area contributed by atoms with Crippen molar-refractivity contribution in [2.24, 2.45) is 0 Å². The van der Waals surface area contributed by atoms with Gasteiger partial charge in [-0.05, 0) is 57.5 Å². The summed E-state index contributed by atoms with van der Waals surface area (Å²) in [6.07, 6.45) is 0. The number of carbonyl (C=O) groups is 1. The van der Waals surface area contributed by atoms with Crippen LogP contribution >= 0.6 is 0 Å². The van der Waals surface area contributed by atoms with Gasteiger partial charge in [-0.1, -0.05) is 17.7 Å². The Morgan fingerprint density at radius 3 is 2.55 bits per heavy atom. The summed E-state index contributed by atoms with van der Waals surface area (Å²) in [4.78, 5) is 24.1. The summed E-state index contributed by atoms with van der Waals surface area (Å²) >= 11 is 0. The van der Waals surface area contributed by atoms with Crippen molar-refractivity contribution in [1.29, 1.82) is 0 Å². The van der Waals surface area contributed by atoms with Crippen LogP contribution in [0.4, 0.5) is 5.69 Å². The second kappa shape index (κ2) is 8.10. The minimum atomic E-state index is -0.420. The highest BCUT2D eigenvalue weighted by Crippen LogP contribution is 2.24. The molecule has 0 saturated heterocycles. The molecule has 0 aliphatic carbocycles. The summed E-state index contributed by atoms with van der Waals surface area (Å²) in [6, 6.07) is 14.6. The SMILES string of the molecule is Cc1ccc(-n2nc(C)c(NC(=O)COc3ccc4c(C)cc(=O)oc4c3)c2C)cc1. The number of amides is 1. The van der Waals surface area contributed by atoms with Gasteiger partial charge < -0.3 is 14.5 Å². The number of hydrogen-bond acceptors (Lipinski definition) is 5. The van der Waals surface area contributed by atoms with Crippen LogP contribution in [0.5, 0.6) is 5.75 Å². The maximum absolute atomic E-state index is 12.5. The first kappa shape index (κ1) is 20.4. The number of carbonyl (C=O) groups excluding carboxylic acids is 1. The van der Waals surface area contributed by atoms with E-state index in [1.807, 2.05) is 52.0 Å². The highest BCUT2D eigenvalue weighted by Gasteiger charge is 2.16. The lowest BCUT2D eigenvalue weighted by Crippen LogP contribution is -2.21. The van der Waals surface area contributed by atoms with Crippen LogP contribution in [0.25, 0.3) is 16.7 Å². The molecule has 0 aliphatic heterocycles. The zero-order chi connectivity index (χ0) is 22.1. The molecule has 0 fully saturated rings. The molecule has 0 radical (unpaired) electrons. The number of fused-ring (bicyclic) bond motifs is 1. The van der Waals surface area contributed by atoms with Crippen LogP contribution in [-0.2, 0) is 4.79 Å². The third kappa shape index (κ3) is 4.21. The van der Waals surface area contributed by atoms with Crippen LogP contribution in [-0.4, -0.2) is 22.3 Å². The van der Waals surface area contributed by atoms with Crippen LogP contribution < -0.4 is 15.7 Å². The van der Waals surface area contributed by atoms with Crippen LogP contribution in [0, 0.1) is 27.7 Å². The van der Waals surface area contributed by atoms with Crippen molar-refractivity contribution in [3.05, 3.63) is 81.5 Å². The molecule has 2 aromatic heterocycles. The van der Waals surface area contributed by atoms with E-state index in [9.17, 15) is 9.59 Å². The Labute approximate surface area is 179 Å². The van der Waals surface area contributed by atoms with E-state index in [4.69, 9.17) is 9.15 Å². The molecule has 4 rings (SSSR count). The molecular formula is C24H23N3O4. The molecule has 0 spiro atoms. The Morgan fingerprint density at radius 1 is 1.06 bits per heavy atom. The predicted octanol–water partition coefficient (Wildman–Crippen LogP) is 4.23. The number of ether oxygens (including phenoxy) is 1. The lowest BCUT2D eigenvalue weighted by molar-refractivity contribution is -0.118. The van der Waals surface area contributed by atoms with Gasteiger partial charge in [0.25, 0.3) is 5.91 Å². The largest absolute Gasteiger partial charge is 0.484 e. The van der Waals surface area contributed by atoms with E-state index in [1.54, 1.807) is 22.9 Å². The van der Waals surface area contributed by atoms with Gasteiger partial charge in [0.2, 0.25) is 0 Å². The Morgan fingerprint density at radius 2 is 1.81 bits per heavy atom. The average molecular weight is 417 g/mol. The zero-order valence-electron chi connectivity index (χ0n) is 17.9. The molecule has 0 saturated carbocycles. The number of rotatable bonds is 5. The van der Waals surface area contributed by atoms with Crippen molar-refractivity contribution in [2.45, 2.75) is 27.7 Å². The molecule has 2 heterocycles. The number of nitrogens with one attached hydrogen (secondary N) is 1. The maximum atomic E-state index is 12.5. The normalized spacial score (nSPS) is 11.0. The number of benzene rings is 2. The van der Waals surface area contributed by atoms with Crippen LogP contribution in [0.15, 0.2) is 57.7 Å². The van der Waals surface area contributed by atoms with Gasteiger partial charge in [0.1, 0.15) is 11.3 Å². The van der Waals surface area contributed by atoms with E-state index in [0.717, 1.165) is 28.0 Å². The molecule has 0 aliphatic rings. The number of aromatic nitrogens is 2. The molecule has 0 bridgehead atoms. The molecule has 31 heavy (non-hydrogen) atoms. The van der Waals surface area contributed by atoms with Crippen molar-refractivity contribution in [3.63, 3.8) is 0 Å². The second-order valence-electron chi connectivity index (χ2n) is 7.54. The van der Waals surface area contributed by atoms with E-state index in [1.165, 1.54) is 11.6 Å². The Hall–Kier alpha value is -3.87. The molecule has 0 unspecified atom stereocenters. The quantitative estimate of drug-likeness (QED) is 0.491. The molecule has 2 aromatic carbocycles. The third-order valence-electron chi connectivity index (χ3n) is 5.13. The first-order valence-electron chi connectivity index (χ1n) is 9.92. The van der Waals surface area contributed by atoms with E-state index in [-0.39, 0.29) is 12.5 Å². The molecule has 1 N–H and O–H groups in total. The first-order chi connectivity index (χ1) is 14.8. The van der Waals surface area contributed by atoms with Gasteiger partial charge in [0.15, 0.2) is 6.61 Å². The van der Waals surface area contributed by atoms with Gasteiger partial charge in [0, 0.05) is 17.5 Å². The highest BCUT2D eigenvalue weighted by molar-refractivity contribution is 5.93. The molecule has 7 nitrogen and oxygen atoms in total. The van der Waals surface area contributed by atoms with E-state index < -0.39 is 5.63 Å². The molecular weight excluding hydrogens is 394 g/mol. The van der Waals surface area contributed by atoms with E-state index in [0.29, 0.717) is 17.0 Å². The predicted molar refractivity (Wildman–Crippen MR) is 119 cm³/mol. The number of anilines is 1. The molecule has 7 heteroatoms. The van der Waals surface area contributed by atoms with Gasteiger partial charge in [-0.15, -0.1) is 0 Å². The van der Waals surface area contributed by atoms with Gasteiger partial charge in [-0.25, -0.2) is 9.48 Å². The van der Waals surface area contributed by atoms with Crippen LogP contribution in [0.1, 0.15) is 22.5 Å². The van der Waals surface area contributed by atoms with Crippen LogP contribution in [0.3, 0.4) is 0 Å². The fraction of sp³-hybridized carbons (Fsp3) is 0.208. The highest BCUT2D eigenvalue weighted by atomic mass is 16.5. The van der Waals surface area contributed by atoms with E-state index in [2.05, 4.69) is 10.4 Å². The topological polar surface area (TPSA) is 86.4 Å². The standard InChI is InChI=1S/C24H23N3O4/c1-14-5-7-18(8-6-14)27-17(4)24(16(3)26-27)25-22(28)13-30-19-9-10-20-15(2)11-23(29)31-21(20)12-19/h5-12H,13H2,1-4H3,(H,25,28). The lowest BCUT2D eigenvalue weighted by atomic mass is 10.1. The molecule has 158 valence electrons. The van der Waals surface area contributed by atoms with Crippen molar-refractivity contribution in [2.75, 3.05) is 11.9 Å². The van der Waals surface area contributed by atoms with Crippen molar-refractivity contribution >= 4 is 22.6 Å². The lowest BCUT2D eigenvalue weighted by Gasteiger charge is -2.09. The summed E-state index contributed by atoms with van der Waals surface area (Å²) in [7, 11) is 0. The summed E-state index contributed by atoms with van der Waals surface area (Å²) in [6.45, 7) is 7.44. The summed E-state index contributed by atoms with van der Waals surface area (Å²) in [5, 5.41) is 8.26. The number of aryl methyl sites for hydroxylation is 3. The maximum Gasteiger partial charge on any atom is 0.336 e. The van der Waals surface area contributed by atoms with Crippen molar-refractivity contribution < 1.29 is 13.9 Å². The van der Waals surface area contributed by atoms with Crippen molar-refractivity contribution in [1.82, 2.24) is 9.78 Å². The smallest absolute Gasteiger partial charge is 0.336 e. The molecule has 0 atom stereocenters. The van der Waals surface area contributed by atoms with Gasteiger partial charge in [-0.2, -0.15) is 5.10 Å². The monoisotopic (exact) mass is 417 g/mol. The number of nitrogens with zero attached hydrogens (tertiary/aromatic N) is 2. The second-order valence-corrected chi connectivity index (χ2v) is 7.54. The average Bonchev–Trinajstić information content (AvgIpc) is 3.00. The van der Waals surface area contributed by atoms with E-state index >= 15 is 0 Å². The van der Waals surface area contributed by atoms with Gasteiger partial charge in [-0.3, -0.25) is 4.79 Å². The zero-order valence-corrected chi connectivity index (χ0v) is 17.9. The van der Waals surface area contributed by atoms with Gasteiger partial charge in [0.05, 0.1) is 22.8 Å². The van der Waals surface area contributed by atoms with Gasteiger partial charge >= 0.3 is 5.63 Å². The fourth-order valence-electron chi connectivity index (χ4n) is 3.48. The first-order valence-corrected chi connectivity index (χ1v) is 9.92. The Bertz CT molecular complexity index is 1330. The fourth-order valence-corrected chi connectivity index (χ4v) is 3.48. The molecule has 4 aromatic rings. The Kier molecular flexibility index (Phi) is 5.33. The minimum absolute atomic E-state index is 0.184. The van der Waals surface area contributed by atoms with Crippen molar-refractivity contribution in [3.8, 4) is 11.4 Å². The number of hydrogen-bond donors (Lipinski definition) is 1. The summed E-state index contributed by atoms with van der Waals surface area (Å²) in [5.74, 6) is 0.139. The summed E-state index contributed by atoms with van der Waals surface area (Å²) < 4.78 is 12.6. The third-order valence-corrected chi connectivity index (χ3v) is 5.13. The minimum Gasteiger partial charge on any atom is -0.484 e. The van der Waals surface area contributed by atoms with Crippen LogP contribution in [0.2, 0.25) is 0 Å². The molecule has 1 amide bonds.